The van der Waals surface area contributed by atoms with Crippen LogP contribution in [0.5, 0.6) is 5.75 Å². The van der Waals surface area contributed by atoms with E-state index in [-0.39, 0.29) is 17.9 Å². The molecule has 0 spiro atoms. The van der Waals surface area contributed by atoms with Crippen LogP contribution in [0.3, 0.4) is 0 Å². The highest BCUT2D eigenvalue weighted by molar-refractivity contribution is 6.05. The van der Waals surface area contributed by atoms with Crippen molar-refractivity contribution in [2.24, 2.45) is 0 Å². The molecule has 2 aromatic carbocycles. The van der Waals surface area contributed by atoms with Crippen LogP contribution < -0.4 is 9.64 Å². The number of piperidine rings is 1. The second-order valence-corrected chi connectivity index (χ2v) is 8.10. The Hall–Kier alpha value is -3.74. The summed E-state index contributed by atoms with van der Waals surface area (Å²) in [5.41, 5.74) is 1.90. The van der Waals surface area contributed by atoms with Gasteiger partial charge in [0.05, 0.1) is 6.42 Å². The van der Waals surface area contributed by atoms with E-state index in [1.54, 1.807) is 37.6 Å². The van der Waals surface area contributed by atoms with Gasteiger partial charge in [0, 0.05) is 56.6 Å². The fourth-order valence-corrected chi connectivity index (χ4v) is 3.89. The van der Waals surface area contributed by atoms with Gasteiger partial charge in [0.1, 0.15) is 17.7 Å². The summed E-state index contributed by atoms with van der Waals surface area (Å²) in [6.45, 7) is 1.32. The lowest BCUT2D eigenvalue weighted by atomic mass is 10.1. The molecule has 1 aliphatic heterocycles. The van der Waals surface area contributed by atoms with Gasteiger partial charge in [-0.3, -0.25) is 14.6 Å². The van der Waals surface area contributed by atoms with E-state index in [9.17, 15) is 14.0 Å². The molecule has 0 radical (unpaired) electrons. The zero-order valence-corrected chi connectivity index (χ0v) is 18.5. The number of hydrogen-bond acceptors (Lipinski definition) is 4. The summed E-state index contributed by atoms with van der Waals surface area (Å²) in [6.07, 6.45) is 5.34. The summed E-state index contributed by atoms with van der Waals surface area (Å²) in [5, 5.41) is 0. The molecule has 6 nitrogen and oxygen atoms in total. The number of aromatic nitrogens is 1. The Balaban J connectivity index is 1.28. The minimum atomic E-state index is -0.442. The third kappa shape index (κ3) is 5.74. The summed E-state index contributed by atoms with van der Waals surface area (Å²) in [4.78, 5) is 32.5. The van der Waals surface area contributed by atoms with Crippen molar-refractivity contribution in [2.75, 3.05) is 25.0 Å². The minimum Gasteiger partial charge on any atom is -0.490 e. The van der Waals surface area contributed by atoms with Gasteiger partial charge < -0.3 is 14.5 Å². The van der Waals surface area contributed by atoms with Gasteiger partial charge in [0.25, 0.3) is 5.91 Å². The molecule has 0 N–H and O–H groups in total. The van der Waals surface area contributed by atoms with Gasteiger partial charge in [0.2, 0.25) is 5.91 Å². The van der Waals surface area contributed by atoms with E-state index < -0.39 is 5.82 Å². The number of anilines is 1. The fraction of sp³-hybridized carbons (Fsp3) is 0.269. The quantitative estimate of drug-likeness (QED) is 0.571. The molecule has 1 fully saturated rings. The van der Waals surface area contributed by atoms with Crippen molar-refractivity contribution in [2.45, 2.75) is 25.4 Å². The maximum absolute atomic E-state index is 13.4. The van der Waals surface area contributed by atoms with Crippen molar-refractivity contribution in [3.8, 4) is 5.75 Å². The maximum Gasteiger partial charge on any atom is 0.258 e. The molecule has 170 valence electrons. The number of carbonyl (C=O) groups is 2. The standard InChI is InChI=1S/C26H26FN3O3/c1-29(26(32)20-5-2-6-21(27)17-20)22-7-9-23(10-8-22)33-24-11-14-30(15-12-24)25(31)16-19-4-3-13-28-18-19/h2-10,13,17-18,24H,11-12,14-16H2,1H3. The number of carbonyl (C=O) groups excluding carboxylic acids is 2. The first-order chi connectivity index (χ1) is 16.0. The Labute approximate surface area is 192 Å². The Bertz CT molecular complexity index is 1100. The van der Waals surface area contributed by atoms with Crippen molar-refractivity contribution in [1.82, 2.24) is 9.88 Å². The first-order valence-electron chi connectivity index (χ1n) is 11.0. The predicted octanol–water partition coefficient (Wildman–Crippen LogP) is 4.11. The summed E-state index contributed by atoms with van der Waals surface area (Å²) < 4.78 is 19.5. The molecule has 1 aromatic heterocycles. The Morgan fingerprint density at radius 3 is 2.52 bits per heavy atom. The van der Waals surface area contributed by atoms with Crippen molar-refractivity contribution in [3.05, 3.63) is 90.0 Å². The molecule has 0 saturated carbocycles. The fourth-order valence-electron chi connectivity index (χ4n) is 3.89. The van der Waals surface area contributed by atoms with E-state index in [4.69, 9.17) is 4.74 Å². The van der Waals surface area contributed by atoms with E-state index in [1.807, 2.05) is 29.2 Å². The normalized spacial score (nSPS) is 14.1. The average molecular weight is 448 g/mol. The molecule has 2 amide bonds. The third-order valence-electron chi connectivity index (χ3n) is 5.78. The van der Waals surface area contributed by atoms with Gasteiger partial charge in [0.15, 0.2) is 0 Å². The molecular formula is C26H26FN3O3. The molecule has 3 aromatic rings. The largest absolute Gasteiger partial charge is 0.490 e. The lowest BCUT2D eigenvalue weighted by Gasteiger charge is -2.32. The average Bonchev–Trinajstić information content (AvgIpc) is 2.84. The van der Waals surface area contributed by atoms with Gasteiger partial charge in [-0.2, -0.15) is 0 Å². The number of pyridine rings is 1. The van der Waals surface area contributed by atoms with Crippen molar-refractivity contribution < 1.29 is 18.7 Å². The smallest absolute Gasteiger partial charge is 0.258 e. The van der Waals surface area contributed by atoms with Crippen LogP contribution in [0, 0.1) is 5.82 Å². The predicted molar refractivity (Wildman–Crippen MR) is 124 cm³/mol. The van der Waals surface area contributed by atoms with Crippen LogP contribution in [-0.2, 0) is 11.2 Å². The van der Waals surface area contributed by atoms with Crippen molar-refractivity contribution in [3.63, 3.8) is 0 Å². The molecule has 0 atom stereocenters. The Morgan fingerprint density at radius 2 is 1.85 bits per heavy atom. The maximum atomic E-state index is 13.4. The monoisotopic (exact) mass is 447 g/mol. The molecule has 0 aliphatic carbocycles. The zero-order chi connectivity index (χ0) is 23.2. The summed E-state index contributed by atoms with van der Waals surface area (Å²) >= 11 is 0. The Morgan fingerprint density at radius 1 is 1.09 bits per heavy atom. The van der Waals surface area contributed by atoms with Crippen LogP contribution in [-0.4, -0.2) is 47.9 Å². The number of ether oxygens (including phenoxy) is 1. The van der Waals surface area contributed by atoms with Gasteiger partial charge >= 0.3 is 0 Å². The van der Waals surface area contributed by atoms with Gasteiger partial charge in [-0.25, -0.2) is 4.39 Å². The molecule has 0 unspecified atom stereocenters. The number of hydrogen-bond donors (Lipinski definition) is 0. The highest BCUT2D eigenvalue weighted by atomic mass is 19.1. The van der Waals surface area contributed by atoms with Crippen LogP contribution in [0.25, 0.3) is 0 Å². The summed E-state index contributed by atoms with van der Waals surface area (Å²) in [7, 11) is 1.65. The van der Waals surface area contributed by atoms with E-state index in [1.165, 1.54) is 23.1 Å². The zero-order valence-electron chi connectivity index (χ0n) is 18.5. The highest BCUT2D eigenvalue weighted by Crippen LogP contribution is 2.24. The number of likely N-dealkylation sites (tertiary alicyclic amines) is 1. The Kier molecular flexibility index (Phi) is 6.98. The number of benzene rings is 2. The number of rotatable bonds is 6. The molecule has 0 bridgehead atoms. The summed E-state index contributed by atoms with van der Waals surface area (Å²) in [6, 6.07) is 16.6. The van der Waals surface area contributed by atoms with Crippen molar-refractivity contribution >= 4 is 17.5 Å². The number of nitrogens with zero attached hydrogens (tertiary/aromatic N) is 3. The molecule has 2 heterocycles. The van der Waals surface area contributed by atoms with E-state index in [2.05, 4.69) is 4.98 Å². The van der Waals surface area contributed by atoms with E-state index >= 15 is 0 Å². The van der Waals surface area contributed by atoms with Crippen LogP contribution in [0.15, 0.2) is 73.1 Å². The third-order valence-corrected chi connectivity index (χ3v) is 5.78. The van der Waals surface area contributed by atoms with Gasteiger partial charge in [-0.15, -0.1) is 0 Å². The second kappa shape index (κ2) is 10.3. The molecular weight excluding hydrogens is 421 g/mol. The first kappa shape index (κ1) is 22.5. The van der Waals surface area contributed by atoms with Gasteiger partial charge in [-0.1, -0.05) is 12.1 Å². The lowest BCUT2D eigenvalue weighted by Crippen LogP contribution is -2.42. The number of amides is 2. The molecule has 4 rings (SSSR count). The lowest BCUT2D eigenvalue weighted by molar-refractivity contribution is -0.132. The SMILES string of the molecule is CN(C(=O)c1cccc(F)c1)c1ccc(OC2CCN(C(=O)Cc3cccnc3)CC2)cc1. The molecule has 33 heavy (non-hydrogen) atoms. The van der Waals surface area contributed by atoms with Crippen LogP contribution >= 0.6 is 0 Å². The molecule has 1 saturated heterocycles. The van der Waals surface area contributed by atoms with Crippen LogP contribution in [0.1, 0.15) is 28.8 Å². The number of halogens is 1. The van der Waals surface area contributed by atoms with E-state index in [0.717, 1.165) is 18.4 Å². The van der Waals surface area contributed by atoms with Crippen LogP contribution in [0.2, 0.25) is 0 Å². The molecule has 7 heteroatoms. The van der Waals surface area contributed by atoms with E-state index in [0.29, 0.717) is 36.5 Å². The molecule has 1 aliphatic rings. The first-order valence-corrected chi connectivity index (χ1v) is 11.0. The minimum absolute atomic E-state index is 0.0324. The highest BCUT2D eigenvalue weighted by Gasteiger charge is 2.24. The summed E-state index contributed by atoms with van der Waals surface area (Å²) in [5.74, 6) is 0.0941. The van der Waals surface area contributed by atoms with Crippen molar-refractivity contribution in [1.29, 1.82) is 0 Å². The van der Waals surface area contributed by atoms with Crippen LogP contribution in [0.4, 0.5) is 10.1 Å². The van der Waals surface area contributed by atoms with Gasteiger partial charge in [-0.05, 0) is 54.1 Å². The topological polar surface area (TPSA) is 62.7 Å². The second-order valence-electron chi connectivity index (χ2n) is 8.10.